The van der Waals surface area contributed by atoms with Gasteiger partial charge < -0.3 is 14.8 Å². The third-order valence-corrected chi connectivity index (χ3v) is 4.66. The van der Waals surface area contributed by atoms with Gasteiger partial charge in [-0.3, -0.25) is 0 Å². The van der Waals surface area contributed by atoms with E-state index in [9.17, 15) is 0 Å². The standard InChI is InChI=1S/C15H20BrNO2/c1-18-12-4-3-11(9-12)17-14-6-7-19-15-5-2-10(16)8-13(14)15/h2,5,8,11-12,14,17H,3-4,6-7,9H2,1H3. The van der Waals surface area contributed by atoms with Crippen molar-refractivity contribution >= 4 is 15.9 Å². The number of rotatable bonds is 3. The average Bonchev–Trinajstić information content (AvgIpc) is 2.87. The SMILES string of the molecule is COC1CCC(NC2CCOc3ccc(Br)cc32)C1. The molecule has 0 saturated heterocycles. The Hall–Kier alpha value is -0.580. The lowest BCUT2D eigenvalue weighted by Crippen LogP contribution is -2.34. The first-order chi connectivity index (χ1) is 9.26. The molecule has 4 heteroatoms. The molecular weight excluding hydrogens is 306 g/mol. The van der Waals surface area contributed by atoms with Crippen molar-refractivity contribution in [3.63, 3.8) is 0 Å². The smallest absolute Gasteiger partial charge is 0.124 e. The van der Waals surface area contributed by atoms with Crippen molar-refractivity contribution in [2.75, 3.05) is 13.7 Å². The number of halogens is 1. The number of fused-ring (bicyclic) bond motifs is 1. The number of benzene rings is 1. The Labute approximate surface area is 122 Å². The molecule has 0 spiro atoms. The highest BCUT2D eigenvalue weighted by Gasteiger charge is 2.29. The first-order valence-corrected chi connectivity index (χ1v) is 7.76. The van der Waals surface area contributed by atoms with Gasteiger partial charge in [0.05, 0.1) is 12.7 Å². The van der Waals surface area contributed by atoms with E-state index in [1.807, 2.05) is 13.2 Å². The first-order valence-electron chi connectivity index (χ1n) is 6.97. The second kappa shape index (κ2) is 5.81. The number of nitrogens with one attached hydrogen (secondary N) is 1. The molecule has 1 aromatic rings. The Kier molecular flexibility index (Phi) is 4.10. The normalized spacial score (nSPS) is 29.9. The molecule has 19 heavy (non-hydrogen) atoms. The van der Waals surface area contributed by atoms with Crippen LogP contribution in [-0.4, -0.2) is 25.9 Å². The summed E-state index contributed by atoms with van der Waals surface area (Å²) in [4.78, 5) is 0. The zero-order chi connectivity index (χ0) is 13.2. The molecule has 0 aromatic heterocycles. The van der Waals surface area contributed by atoms with Crippen molar-refractivity contribution in [2.45, 2.75) is 43.9 Å². The van der Waals surface area contributed by atoms with E-state index >= 15 is 0 Å². The van der Waals surface area contributed by atoms with E-state index in [4.69, 9.17) is 9.47 Å². The lowest BCUT2D eigenvalue weighted by atomic mass is 9.99. The van der Waals surface area contributed by atoms with Crippen LogP contribution in [0.2, 0.25) is 0 Å². The summed E-state index contributed by atoms with van der Waals surface area (Å²) in [5.74, 6) is 1.02. The molecule has 3 nitrogen and oxygen atoms in total. The predicted octanol–water partition coefficient (Wildman–Crippen LogP) is 3.43. The van der Waals surface area contributed by atoms with Crippen LogP contribution in [0.25, 0.3) is 0 Å². The largest absolute Gasteiger partial charge is 0.493 e. The monoisotopic (exact) mass is 325 g/mol. The molecule has 1 saturated carbocycles. The lowest BCUT2D eigenvalue weighted by Gasteiger charge is -2.29. The molecule has 1 fully saturated rings. The molecule has 1 heterocycles. The van der Waals surface area contributed by atoms with Crippen molar-refractivity contribution in [3.05, 3.63) is 28.2 Å². The van der Waals surface area contributed by atoms with Gasteiger partial charge >= 0.3 is 0 Å². The maximum atomic E-state index is 5.73. The fourth-order valence-corrected chi connectivity index (χ4v) is 3.51. The minimum absolute atomic E-state index is 0.404. The summed E-state index contributed by atoms with van der Waals surface area (Å²) in [6.07, 6.45) is 4.97. The number of hydrogen-bond donors (Lipinski definition) is 1. The Morgan fingerprint density at radius 2 is 2.21 bits per heavy atom. The molecule has 1 N–H and O–H groups in total. The highest BCUT2D eigenvalue weighted by Crippen LogP contribution is 2.35. The summed E-state index contributed by atoms with van der Waals surface area (Å²) in [7, 11) is 1.81. The van der Waals surface area contributed by atoms with E-state index in [-0.39, 0.29) is 0 Å². The summed E-state index contributed by atoms with van der Waals surface area (Å²) in [5, 5.41) is 3.78. The van der Waals surface area contributed by atoms with Crippen molar-refractivity contribution < 1.29 is 9.47 Å². The van der Waals surface area contributed by atoms with Gasteiger partial charge in [0.1, 0.15) is 5.75 Å². The zero-order valence-corrected chi connectivity index (χ0v) is 12.8. The van der Waals surface area contributed by atoms with E-state index in [1.165, 1.54) is 18.4 Å². The van der Waals surface area contributed by atoms with Gasteiger partial charge in [-0.15, -0.1) is 0 Å². The molecule has 104 valence electrons. The fraction of sp³-hybridized carbons (Fsp3) is 0.600. The molecular formula is C15H20BrNO2. The van der Waals surface area contributed by atoms with Gasteiger partial charge in [-0.2, -0.15) is 0 Å². The molecule has 2 aliphatic rings. The molecule has 0 bridgehead atoms. The zero-order valence-electron chi connectivity index (χ0n) is 11.2. The molecule has 3 atom stereocenters. The van der Waals surface area contributed by atoms with E-state index in [0.717, 1.165) is 29.7 Å². The van der Waals surface area contributed by atoms with Crippen molar-refractivity contribution in [1.82, 2.24) is 5.32 Å². The van der Waals surface area contributed by atoms with E-state index in [2.05, 4.69) is 33.4 Å². The van der Waals surface area contributed by atoms with Crippen molar-refractivity contribution in [3.8, 4) is 5.75 Å². The summed E-state index contributed by atoms with van der Waals surface area (Å²) in [5.41, 5.74) is 1.28. The maximum Gasteiger partial charge on any atom is 0.124 e. The van der Waals surface area contributed by atoms with Gasteiger partial charge in [0.25, 0.3) is 0 Å². The topological polar surface area (TPSA) is 30.5 Å². The van der Waals surface area contributed by atoms with Gasteiger partial charge in [0.2, 0.25) is 0 Å². The van der Waals surface area contributed by atoms with Gasteiger partial charge in [-0.1, -0.05) is 15.9 Å². The molecule has 0 amide bonds. The third-order valence-electron chi connectivity index (χ3n) is 4.17. The van der Waals surface area contributed by atoms with E-state index in [0.29, 0.717) is 18.2 Å². The van der Waals surface area contributed by atoms with Gasteiger partial charge in [0.15, 0.2) is 0 Å². The second-order valence-corrected chi connectivity index (χ2v) is 6.32. The highest BCUT2D eigenvalue weighted by atomic mass is 79.9. The quantitative estimate of drug-likeness (QED) is 0.923. The Balaban J connectivity index is 1.71. The molecule has 0 radical (unpaired) electrons. The predicted molar refractivity (Wildman–Crippen MR) is 78.6 cm³/mol. The summed E-state index contributed by atoms with van der Waals surface area (Å²) in [6.45, 7) is 0.798. The van der Waals surface area contributed by atoms with E-state index < -0.39 is 0 Å². The number of methoxy groups -OCH3 is 1. The van der Waals surface area contributed by atoms with Crippen LogP contribution in [0.3, 0.4) is 0 Å². The summed E-state index contributed by atoms with van der Waals surface area (Å²) in [6, 6.07) is 7.24. The fourth-order valence-electron chi connectivity index (χ4n) is 3.13. The molecule has 1 aliphatic heterocycles. The van der Waals surface area contributed by atoms with E-state index in [1.54, 1.807) is 0 Å². The van der Waals surface area contributed by atoms with Crippen LogP contribution in [0, 0.1) is 0 Å². The Bertz CT molecular complexity index is 452. The van der Waals surface area contributed by atoms with Crippen LogP contribution in [0.4, 0.5) is 0 Å². The van der Waals surface area contributed by atoms with Gasteiger partial charge in [-0.25, -0.2) is 0 Å². The van der Waals surface area contributed by atoms with Crippen LogP contribution in [0.1, 0.15) is 37.3 Å². The number of ether oxygens (including phenoxy) is 2. The lowest BCUT2D eigenvalue weighted by molar-refractivity contribution is 0.106. The van der Waals surface area contributed by atoms with Crippen LogP contribution >= 0.6 is 15.9 Å². The maximum absolute atomic E-state index is 5.73. The first kappa shape index (κ1) is 13.4. The average molecular weight is 326 g/mol. The molecule has 1 aliphatic carbocycles. The van der Waals surface area contributed by atoms with Crippen LogP contribution in [-0.2, 0) is 4.74 Å². The molecule has 3 unspecified atom stereocenters. The minimum atomic E-state index is 0.404. The molecule has 1 aromatic carbocycles. The highest BCUT2D eigenvalue weighted by molar-refractivity contribution is 9.10. The van der Waals surface area contributed by atoms with Crippen LogP contribution < -0.4 is 10.1 Å². The number of hydrogen-bond acceptors (Lipinski definition) is 3. The Morgan fingerprint density at radius 3 is 3.00 bits per heavy atom. The van der Waals surface area contributed by atoms with Crippen molar-refractivity contribution in [2.24, 2.45) is 0 Å². The van der Waals surface area contributed by atoms with Crippen LogP contribution in [0.15, 0.2) is 22.7 Å². The second-order valence-electron chi connectivity index (χ2n) is 5.41. The van der Waals surface area contributed by atoms with Crippen molar-refractivity contribution in [1.29, 1.82) is 0 Å². The van der Waals surface area contributed by atoms with Gasteiger partial charge in [0, 0.05) is 35.7 Å². The van der Waals surface area contributed by atoms with Gasteiger partial charge in [-0.05, 0) is 37.5 Å². The minimum Gasteiger partial charge on any atom is -0.493 e. The Morgan fingerprint density at radius 1 is 1.32 bits per heavy atom. The summed E-state index contributed by atoms with van der Waals surface area (Å²) >= 11 is 3.55. The molecule has 3 rings (SSSR count). The summed E-state index contributed by atoms with van der Waals surface area (Å²) < 4.78 is 12.3. The third kappa shape index (κ3) is 2.96. The van der Waals surface area contributed by atoms with Crippen LogP contribution in [0.5, 0.6) is 5.75 Å².